The smallest absolute Gasteiger partial charge is 0.0773 e. The monoisotopic (exact) mass is 324 g/mol. The van der Waals surface area contributed by atoms with Gasteiger partial charge in [-0.05, 0) is 52.8 Å². The molecule has 2 aromatic rings. The maximum Gasteiger partial charge on any atom is 0.0773 e. The van der Waals surface area contributed by atoms with Crippen molar-refractivity contribution in [1.82, 2.24) is 10.3 Å². The van der Waals surface area contributed by atoms with Crippen molar-refractivity contribution in [2.45, 2.75) is 26.3 Å². The van der Waals surface area contributed by atoms with Gasteiger partial charge in [0.05, 0.1) is 11.7 Å². The van der Waals surface area contributed by atoms with Crippen LogP contribution in [0.3, 0.4) is 0 Å². The fourth-order valence-electron chi connectivity index (χ4n) is 1.94. The Morgan fingerprint density at radius 1 is 1.44 bits per heavy atom. The van der Waals surface area contributed by atoms with Crippen LogP contribution in [0.25, 0.3) is 0 Å². The molecular weight excluding hydrogens is 308 g/mol. The quantitative estimate of drug-likeness (QED) is 0.886. The highest BCUT2D eigenvalue weighted by atomic mass is 79.9. The number of halogens is 1. The molecule has 0 amide bonds. The lowest BCUT2D eigenvalue weighted by molar-refractivity contribution is 0.583. The molecule has 1 atom stereocenters. The van der Waals surface area contributed by atoms with Gasteiger partial charge >= 0.3 is 0 Å². The summed E-state index contributed by atoms with van der Waals surface area (Å²) >= 11 is 5.34. The molecule has 1 unspecified atom stereocenters. The number of aromatic nitrogens is 1. The van der Waals surface area contributed by atoms with E-state index in [1.54, 1.807) is 11.3 Å². The minimum Gasteiger partial charge on any atom is -0.305 e. The standard InChI is InChI=1S/C14H17BrN2S/c1-3-6-16-14(11-8-18-9-12(11)15)13-10(2)5-4-7-17-13/h4-5,7-9,14,16H,3,6H2,1-2H3. The van der Waals surface area contributed by atoms with Crippen LogP contribution in [0.4, 0.5) is 0 Å². The predicted molar refractivity (Wildman–Crippen MR) is 81.1 cm³/mol. The highest BCUT2D eigenvalue weighted by Gasteiger charge is 2.19. The molecule has 4 heteroatoms. The average Bonchev–Trinajstić information content (AvgIpc) is 2.78. The van der Waals surface area contributed by atoms with Gasteiger partial charge in [0.15, 0.2) is 0 Å². The summed E-state index contributed by atoms with van der Waals surface area (Å²) in [4.78, 5) is 4.55. The molecule has 18 heavy (non-hydrogen) atoms. The zero-order valence-corrected chi connectivity index (χ0v) is 13.0. The Balaban J connectivity index is 2.37. The van der Waals surface area contributed by atoms with E-state index in [0.29, 0.717) is 0 Å². The number of hydrogen-bond acceptors (Lipinski definition) is 3. The van der Waals surface area contributed by atoms with Gasteiger partial charge in [-0.15, -0.1) is 0 Å². The summed E-state index contributed by atoms with van der Waals surface area (Å²) in [6.07, 6.45) is 2.98. The largest absolute Gasteiger partial charge is 0.305 e. The fourth-order valence-corrected chi connectivity index (χ4v) is 3.49. The van der Waals surface area contributed by atoms with Crippen molar-refractivity contribution in [3.63, 3.8) is 0 Å². The summed E-state index contributed by atoms with van der Waals surface area (Å²) in [6, 6.07) is 4.27. The molecule has 0 saturated heterocycles. The van der Waals surface area contributed by atoms with Crippen LogP contribution in [0.15, 0.2) is 33.6 Å². The molecule has 2 heterocycles. The van der Waals surface area contributed by atoms with Gasteiger partial charge in [-0.1, -0.05) is 13.0 Å². The lowest BCUT2D eigenvalue weighted by atomic mass is 10.0. The highest BCUT2D eigenvalue weighted by molar-refractivity contribution is 9.10. The van der Waals surface area contributed by atoms with E-state index < -0.39 is 0 Å². The second-order valence-corrected chi connectivity index (χ2v) is 5.87. The summed E-state index contributed by atoms with van der Waals surface area (Å²) in [7, 11) is 0. The SMILES string of the molecule is CCCNC(c1cscc1Br)c1ncccc1C. The normalized spacial score (nSPS) is 12.6. The van der Waals surface area contributed by atoms with Gasteiger partial charge in [0.25, 0.3) is 0 Å². The summed E-state index contributed by atoms with van der Waals surface area (Å²) in [6.45, 7) is 5.28. The van der Waals surface area contributed by atoms with Crippen molar-refractivity contribution in [3.05, 3.63) is 50.4 Å². The number of pyridine rings is 1. The van der Waals surface area contributed by atoms with E-state index in [1.165, 1.54) is 11.1 Å². The molecule has 2 aromatic heterocycles. The number of thiophene rings is 1. The molecule has 0 aliphatic heterocycles. The molecule has 1 N–H and O–H groups in total. The molecule has 0 fully saturated rings. The zero-order valence-electron chi connectivity index (χ0n) is 10.6. The number of aryl methyl sites for hydroxylation is 1. The Morgan fingerprint density at radius 2 is 2.28 bits per heavy atom. The van der Waals surface area contributed by atoms with E-state index in [1.807, 2.05) is 12.3 Å². The van der Waals surface area contributed by atoms with Crippen LogP contribution >= 0.6 is 27.3 Å². The van der Waals surface area contributed by atoms with Gasteiger partial charge in [0.2, 0.25) is 0 Å². The summed E-state index contributed by atoms with van der Waals surface area (Å²) in [5.41, 5.74) is 3.62. The van der Waals surface area contributed by atoms with E-state index in [9.17, 15) is 0 Å². The van der Waals surface area contributed by atoms with Crippen molar-refractivity contribution in [2.75, 3.05) is 6.54 Å². The van der Waals surface area contributed by atoms with Gasteiger partial charge < -0.3 is 5.32 Å². The van der Waals surface area contributed by atoms with Gasteiger partial charge in [0.1, 0.15) is 0 Å². The first-order valence-corrected chi connectivity index (χ1v) is 7.84. The van der Waals surface area contributed by atoms with Crippen LogP contribution in [-0.2, 0) is 0 Å². The van der Waals surface area contributed by atoms with Gasteiger partial charge in [-0.2, -0.15) is 11.3 Å². The van der Waals surface area contributed by atoms with Crippen molar-refractivity contribution in [3.8, 4) is 0 Å². The van der Waals surface area contributed by atoms with Gasteiger partial charge in [0, 0.05) is 21.6 Å². The second kappa shape index (κ2) is 6.45. The molecule has 0 aliphatic carbocycles. The predicted octanol–water partition coefficient (Wildman–Crippen LogP) is 4.30. The molecular formula is C14H17BrN2S. The first kappa shape index (κ1) is 13.7. The van der Waals surface area contributed by atoms with Gasteiger partial charge in [-0.25, -0.2) is 0 Å². The average molecular weight is 325 g/mol. The molecule has 0 aromatic carbocycles. The molecule has 2 nitrogen and oxygen atoms in total. The Morgan fingerprint density at radius 3 is 2.89 bits per heavy atom. The number of hydrogen-bond donors (Lipinski definition) is 1. The van der Waals surface area contributed by atoms with Crippen LogP contribution in [0.2, 0.25) is 0 Å². The Bertz CT molecular complexity index is 510. The zero-order chi connectivity index (χ0) is 13.0. The van der Waals surface area contributed by atoms with E-state index in [-0.39, 0.29) is 6.04 Å². The van der Waals surface area contributed by atoms with E-state index in [0.717, 1.165) is 23.1 Å². The minimum absolute atomic E-state index is 0.173. The molecule has 0 bridgehead atoms. The molecule has 2 rings (SSSR count). The van der Waals surface area contributed by atoms with E-state index in [2.05, 4.69) is 56.9 Å². The minimum atomic E-state index is 0.173. The molecule has 96 valence electrons. The van der Waals surface area contributed by atoms with Crippen molar-refractivity contribution >= 4 is 27.3 Å². The summed E-state index contributed by atoms with van der Waals surface area (Å²) < 4.78 is 1.16. The second-order valence-electron chi connectivity index (χ2n) is 4.27. The summed E-state index contributed by atoms with van der Waals surface area (Å²) in [5, 5.41) is 7.89. The third-order valence-electron chi connectivity index (χ3n) is 2.88. The Labute approximate surface area is 121 Å². The third-order valence-corrected chi connectivity index (χ3v) is 4.63. The summed E-state index contributed by atoms with van der Waals surface area (Å²) in [5.74, 6) is 0. The van der Waals surface area contributed by atoms with Crippen LogP contribution in [0.5, 0.6) is 0 Å². The Hall–Kier alpha value is -0.710. The highest BCUT2D eigenvalue weighted by Crippen LogP contribution is 2.31. The van der Waals surface area contributed by atoms with Gasteiger partial charge in [-0.3, -0.25) is 4.98 Å². The third kappa shape index (κ3) is 2.99. The van der Waals surface area contributed by atoms with E-state index >= 15 is 0 Å². The van der Waals surface area contributed by atoms with Crippen LogP contribution in [0.1, 0.15) is 36.2 Å². The van der Waals surface area contributed by atoms with Crippen LogP contribution < -0.4 is 5.32 Å². The number of nitrogens with one attached hydrogen (secondary N) is 1. The number of rotatable bonds is 5. The van der Waals surface area contributed by atoms with Crippen molar-refractivity contribution < 1.29 is 0 Å². The topological polar surface area (TPSA) is 24.9 Å². The number of nitrogens with zero attached hydrogens (tertiary/aromatic N) is 1. The van der Waals surface area contributed by atoms with Crippen LogP contribution in [0, 0.1) is 6.92 Å². The molecule has 0 radical (unpaired) electrons. The Kier molecular flexibility index (Phi) is 4.92. The van der Waals surface area contributed by atoms with Crippen molar-refractivity contribution in [1.29, 1.82) is 0 Å². The maximum absolute atomic E-state index is 4.55. The maximum atomic E-state index is 4.55. The molecule has 0 spiro atoms. The first-order chi connectivity index (χ1) is 8.74. The van der Waals surface area contributed by atoms with Crippen LogP contribution in [-0.4, -0.2) is 11.5 Å². The first-order valence-electron chi connectivity index (χ1n) is 6.10. The van der Waals surface area contributed by atoms with E-state index in [4.69, 9.17) is 0 Å². The fraction of sp³-hybridized carbons (Fsp3) is 0.357. The lowest BCUT2D eigenvalue weighted by Gasteiger charge is -2.19. The lowest BCUT2D eigenvalue weighted by Crippen LogP contribution is -2.24. The van der Waals surface area contributed by atoms with Crippen molar-refractivity contribution in [2.24, 2.45) is 0 Å². The molecule has 0 saturated carbocycles. The molecule has 0 aliphatic rings.